The van der Waals surface area contributed by atoms with Crippen LogP contribution in [0, 0.1) is 6.92 Å². The van der Waals surface area contributed by atoms with Crippen LogP contribution in [0.3, 0.4) is 0 Å². The second kappa shape index (κ2) is 5.33. The Morgan fingerprint density at radius 3 is 2.84 bits per heavy atom. The molecule has 1 fully saturated rings. The molecule has 25 heavy (non-hydrogen) atoms. The van der Waals surface area contributed by atoms with E-state index in [1.165, 1.54) is 0 Å². The fraction of sp³-hybridized carbons (Fsp3) is 0.250. The monoisotopic (exact) mass is 340 g/mol. The van der Waals surface area contributed by atoms with E-state index < -0.39 is 17.5 Å². The number of hydrogen-bond donors (Lipinski definition) is 3. The van der Waals surface area contributed by atoms with Gasteiger partial charge in [-0.1, -0.05) is 12.1 Å². The minimum atomic E-state index is -1.34. The molecule has 9 heteroatoms. The van der Waals surface area contributed by atoms with Crippen molar-refractivity contribution in [3.63, 3.8) is 0 Å². The van der Waals surface area contributed by atoms with E-state index in [0.29, 0.717) is 16.9 Å². The summed E-state index contributed by atoms with van der Waals surface area (Å²) < 4.78 is 7.40. The van der Waals surface area contributed by atoms with Gasteiger partial charge in [-0.15, -0.1) is 0 Å². The maximum absolute atomic E-state index is 12.5. The summed E-state index contributed by atoms with van der Waals surface area (Å²) in [6.07, 6.45) is 3.27. The molecule has 0 spiro atoms. The van der Waals surface area contributed by atoms with Gasteiger partial charge in [0.25, 0.3) is 11.9 Å². The molecule has 0 radical (unpaired) electrons. The fourth-order valence-corrected chi connectivity index (χ4v) is 3.00. The first kappa shape index (κ1) is 15.2. The highest BCUT2D eigenvalue weighted by Crippen LogP contribution is 2.26. The zero-order valence-electron chi connectivity index (χ0n) is 13.7. The molecular weight excluding hydrogens is 324 g/mol. The number of aromatic nitrogens is 3. The minimum Gasteiger partial charge on any atom is -0.423 e. The third-order valence-electron chi connectivity index (χ3n) is 4.26. The van der Waals surface area contributed by atoms with Gasteiger partial charge >= 0.3 is 6.03 Å². The molecule has 1 aliphatic heterocycles. The van der Waals surface area contributed by atoms with Crippen LogP contribution in [-0.4, -0.2) is 33.0 Å². The molecule has 3 amide bonds. The van der Waals surface area contributed by atoms with Crippen molar-refractivity contribution in [3.8, 4) is 0 Å². The molecular formula is C16H16N6O3. The predicted octanol–water partition coefficient (Wildman–Crippen LogP) is 1.02. The maximum Gasteiger partial charge on any atom is 0.322 e. The van der Waals surface area contributed by atoms with Crippen LogP contribution in [0.25, 0.3) is 11.1 Å². The standard InChI is InChI=1S/C16H16N6O3/c1-9-4-3-5-10-11(9)25-15(19-10)18-8-16(12-17-6-7-22(12)2)13(23)20-14(24)21-16/h3-7H,8H2,1-2H3,(H,18,19)(H2,20,21,23,24)/t16-/m1/s1. The van der Waals surface area contributed by atoms with Crippen molar-refractivity contribution in [2.24, 2.45) is 7.05 Å². The van der Waals surface area contributed by atoms with E-state index in [-0.39, 0.29) is 12.6 Å². The average molecular weight is 340 g/mol. The smallest absolute Gasteiger partial charge is 0.322 e. The number of carbonyl (C=O) groups excluding carboxylic acids is 2. The number of benzene rings is 1. The van der Waals surface area contributed by atoms with E-state index in [0.717, 1.165) is 5.56 Å². The Kier molecular flexibility index (Phi) is 3.24. The number of oxazole rings is 1. The Hall–Kier alpha value is -3.36. The Morgan fingerprint density at radius 2 is 2.20 bits per heavy atom. The zero-order chi connectivity index (χ0) is 17.6. The van der Waals surface area contributed by atoms with Crippen LogP contribution in [0.2, 0.25) is 0 Å². The third-order valence-corrected chi connectivity index (χ3v) is 4.26. The fourth-order valence-electron chi connectivity index (χ4n) is 3.00. The summed E-state index contributed by atoms with van der Waals surface area (Å²) in [5.41, 5.74) is 1.01. The van der Waals surface area contributed by atoms with Crippen molar-refractivity contribution in [2.45, 2.75) is 12.5 Å². The van der Waals surface area contributed by atoms with Gasteiger partial charge in [-0.25, -0.2) is 9.78 Å². The number of fused-ring (bicyclic) bond motifs is 1. The summed E-state index contributed by atoms with van der Waals surface area (Å²) in [5.74, 6) is -0.0674. The number of imide groups is 1. The van der Waals surface area contributed by atoms with Gasteiger partial charge in [0, 0.05) is 19.4 Å². The normalized spacial score (nSPS) is 19.9. The van der Waals surface area contributed by atoms with E-state index in [2.05, 4.69) is 25.9 Å². The van der Waals surface area contributed by atoms with E-state index >= 15 is 0 Å². The molecule has 3 N–H and O–H groups in total. The lowest BCUT2D eigenvalue weighted by Gasteiger charge is -2.25. The van der Waals surface area contributed by atoms with Crippen LogP contribution in [0.15, 0.2) is 35.0 Å². The topological polar surface area (TPSA) is 114 Å². The molecule has 3 heterocycles. The number of para-hydroxylation sites is 1. The Labute approximate surface area is 142 Å². The molecule has 0 aliphatic carbocycles. The molecule has 0 unspecified atom stereocenters. The van der Waals surface area contributed by atoms with Crippen molar-refractivity contribution in [3.05, 3.63) is 42.0 Å². The molecule has 9 nitrogen and oxygen atoms in total. The maximum atomic E-state index is 12.5. The lowest BCUT2D eigenvalue weighted by atomic mass is 9.98. The van der Waals surface area contributed by atoms with E-state index in [4.69, 9.17) is 4.42 Å². The van der Waals surface area contributed by atoms with E-state index in [9.17, 15) is 9.59 Å². The molecule has 2 aromatic heterocycles. The summed E-state index contributed by atoms with van der Waals surface area (Å²) >= 11 is 0. The zero-order valence-corrected chi connectivity index (χ0v) is 13.7. The SMILES string of the molecule is Cc1cccc2nc(NC[C@]3(c4nccn4C)NC(=O)NC3=O)oc12. The van der Waals surface area contributed by atoms with Gasteiger partial charge in [-0.2, -0.15) is 4.98 Å². The molecule has 1 aromatic carbocycles. The van der Waals surface area contributed by atoms with Crippen molar-refractivity contribution in [2.75, 3.05) is 11.9 Å². The molecule has 3 aromatic rings. The van der Waals surface area contributed by atoms with Crippen LogP contribution < -0.4 is 16.0 Å². The number of amides is 3. The van der Waals surface area contributed by atoms with Gasteiger partial charge < -0.3 is 19.6 Å². The quantitative estimate of drug-likeness (QED) is 0.611. The van der Waals surface area contributed by atoms with Gasteiger partial charge in [-0.05, 0) is 18.6 Å². The number of hydrogen-bond acceptors (Lipinski definition) is 6. The molecule has 128 valence electrons. The highest BCUT2D eigenvalue weighted by Gasteiger charge is 2.50. The van der Waals surface area contributed by atoms with Crippen LogP contribution in [0.5, 0.6) is 0 Å². The summed E-state index contributed by atoms with van der Waals surface area (Å²) in [6.45, 7) is 1.97. The second-order valence-electron chi connectivity index (χ2n) is 5.97. The first-order valence-corrected chi connectivity index (χ1v) is 7.71. The van der Waals surface area contributed by atoms with Crippen molar-refractivity contribution in [1.82, 2.24) is 25.2 Å². The van der Waals surface area contributed by atoms with E-state index in [1.54, 1.807) is 24.0 Å². The molecule has 4 rings (SSSR count). The minimum absolute atomic E-state index is 0.0430. The van der Waals surface area contributed by atoms with Crippen molar-refractivity contribution >= 4 is 29.1 Å². The average Bonchev–Trinajstić information content (AvgIpc) is 3.24. The van der Waals surface area contributed by atoms with Gasteiger partial charge in [0.1, 0.15) is 11.3 Å². The number of urea groups is 1. The van der Waals surface area contributed by atoms with Gasteiger partial charge in [0.05, 0.1) is 6.54 Å². The first-order chi connectivity index (χ1) is 12.0. The van der Waals surface area contributed by atoms with Gasteiger partial charge in [0.15, 0.2) is 11.1 Å². The summed E-state index contributed by atoms with van der Waals surface area (Å²) in [7, 11) is 1.75. The number of anilines is 1. The van der Waals surface area contributed by atoms with Gasteiger partial charge in [-0.3, -0.25) is 10.1 Å². The van der Waals surface area contributed by atoms with Crippen LogP contribution in [0.1, 0.15) is 11.4 Å². The Balaban J connectivity index is 1.68. The Bertz CT molecular complexity index is 991. The number of nitrogens with one attached hydrogen (secondary N) is 3. The molecule has 1 aliphatic rings. The van der Waals surface area contributed by atoms with E-state index in [1.807, 2.05) is 25.1 Å². The molecule has 0 bridgehead atoms. The van der Waals surface area contributed by atoms with Crippen LogP contribution in [0.4, 0.5) is 10.8 Å². The third kappa shape index (κ3) is 2.32. The lowest BCUT2D eigenvalue weighted by molar-refractivity contribution is -0.124. The Morgan fingerprint density at radius 1 is 1.36 bits per heavy atom. The number of carbonyl (C=O) groups is 2. The number of nitrogens with zero attached hydrogens (tertiary/aromatic N) is 3. The van der Waals surface area contributed by atoms with Crippen LogP contribution in [-0.2, 0) is 17.4 Å². The molecule has 0 saturated carbocycles. The van der Waals surface area contributed by atoms with Crippen LogP contribution >= 0.6 is 0 Å². The highest BCUT2D eigenvalue weighted by atomic mass is 16.4. The predicted molar refractivity (Wildman–Crippen MR) is 88.8 cm³/mol. The second-order valence-corrected chi connectivity index (χ2v) is 5.97. The number of imidazole rings is 1. The number of rotatable bonds is 4. The van der Waals surface area contributed by atoms with Crippen molar-refractivity contribution < 1.29 is 14.0 Å². The summed E-state index contributed by atoms with van der Waals surface area (Å²) in [4.78, 5) is 32.8. The first-order valence-electron chi connectivity index (χ1n) is 7.71. The highest BCUT2D eigenvalue weighted by molar-refractivity contribution is 6.07. The molecule has 1 saturated heterocycles. The van der Waals surface area contributed by atoms with Gasteiger partial charge in [0.2, 0.25) is 0 Å². The summed E-state index contributed by atoms with van der Waals surface area (Å²) in [5, 5.41) is 7.93. The number of aryl methyl sites for hydroxylation is 2. The largest absolute Gasteiger partial charge is 0.423 e. The summed E-state index contributed by atoms with van der Waals surface area (Å²) in [6, 6.07) is 5.37. The lowest BCUT2D eigenvalue weighted by Crippen LogP contribution is -2.51. The molecule has 1 atom stereocenters. The van der Waals surface area contributed by atoms with Crippen molar-refractivity contribution in [1.29, 1.82) is 0 Å².